The van der Waals surface area contributed by atoms with E-state index in [2.05, 4.69) is 5.32 Å². The second-order valence-corrected chi connectivity index (χ2v) is 6.22. The molecule has 0 fully saturated rings. The maximum Gasteiger partial charge on any atom is 0.279 e. The van der Waals surface area contributed by atoms with Crippen LogP contribution >= 0.6 is 11.6 Å². The number of furan rings is 1. The molecule has 0 aliphatic heterocycles. The van der Waals surface area contributed by atoms with Crippen LogP contribution in [0.15, 0.2) is 71.3 Å². The van der Waals surface area contributed by atoms with Crippen LogP contribution in [0.5, 0.6) is 0 Å². The van der Waals surface area contributed by atoms with Crippen molar-refractivity contribution >= 4 is 28.9 Å². The van der Waals surface area contributed by atoms with Gasteiger partial charge in [-0.25, -0.2) is 0 Å². The first-order chi connectivity index (χ1) is 13.0. The Hall–Kier alpha value is -3.16. The van der Waals surface area contributed by atoms with Crippen LogP contribution in [0.1, 0.15) is 17.4 Å². The number of quaternary nitrogens is 1. The van der Waals surface area contributed by atoms with Crippen LogP contribution in [0.3, 0.4) is 0 Å². The number of nitrogens with one attached hydrogen (secondary N) is 1. The Morgan fingerprint density at radius 2 is 1.96 bits per heavy atom. The second-order valence-electron chi connectivity index (χ2n) is 5.81. The number of nitro benzene ring substituents is 1. The summed E-state index contributed by atoms with van der Waals surface area (Å²) in [4.78, 5) is 22.5. The van der Waals surface area contributed by atoms with Gasteiger partial charge in [0.1, 0.15) is 0 Å². The molecule has 2 aromatic carbocycles. The highest BCUT2D eigenvalue weighted by Gasteiger charge is 2.21. The number of nitrogens with two attached hydrogens (primary N) is 1. The lowest BCUT2D eigenvalue weighted by atomic mass is 10.0. The molecule has 3 rings (SSSR count). The molecule has 0 spiro atoms. The Bertz CT molecular complexity index is 929. The molecule has 1 atom stereocenters. The minimum absolute atomic E-state index is 0.114. The maximum absolute atomic E-state index is 12.3. The molecule has 0 aliphatic carbocycles. The van der Waals surface area contributed by atoms with Gasteiger partial charge in [0.15, 0.2) is 18.3 Å². The Morgan fingerprint density at radius 3 is 2.59 bits per heavy atom. The van der Waals surface area contributed by atoms with E-state index >= 15 is 0 Å². The third-order valence-corrected chi connectivity index (χ3v) is 4.30. The average Bonchev–Trinajstić information content (AvgIpc) is 3.19. The van der Waals surface area contributed by atoms with Gasteiger partial charge in [-0.2, -0.15) is 0 Å². The van der Waals surface area contributed by atoms with E-state index < -0.39 is 4.92 Å². The molecule has 3 N–H and O–H groups in total. The lowest BCUT2D eigenvalue weighted by Crippen LogP contribution is -2.87. The van der Waals surface area contributed by atoms with E-state index in [1.54, 1.807) is 12.3 Å². The minimum atomic E-state index is -0.543. The highest BCUT2D eigenvalue weighted by Crippen LogP contribution is 2.26. The summed E-state index contributed by atoms with van der Waals surface area (Å²) in [5.74, 6) is 0.459. The Morgan fingerprint density at radius 1 is 1.19 bits per heavy atom. The topological polar surface area (TPSA) is 102 Å². The van der Waals surface area contributed by atoms with Gasteiger partial charge >= 0.3 is 0 Å². The van der Waals surface area contributed by atoms with Crippen LogP contribution in [0.2, 0.25) is 5.02 Å². The van der Waals surface area contributed by atoms with Crippen molar-refractivity contribution in [2.75, 3.05) is 11.9 Å². The van der Waals surface area contributed by atoms with E-state index in [1.807, 2.05) is 41.7 Å². The number of halogens is 1. The largest absolute Gasteiger partial charge is 0.463 e. The van der Waals surface area contributed by atoms with Gasteiger partial charge in [0, 0.05) is 17.7 Å². The zero-order valence-electron chi connectivity index (χ0n) is 14.2. The van der Waals surface area contributed by atoms with Gasteiger partial charge in [-0.3, -0.25) is 14.9 Å². The summed E-state index contributed by atoms with van der Waals surface area (Å²) in [6.07, 6.45) is 1.59. The fraction of sp³-hybridized carbons (Fsp3) is 0.105. The molecule has 0 bridgehead atoms. The van der Waals surface area contributed by atoms with E-state index in [1.165, 1.54) is 18.2 Å². The number of amides is 1. The van der Waals surface area contributed by atoms with Crippen molar-refractivity contribution in [3.05, 3.63) is 93.4 Å². The molecule has 8 heteroatoms. The molecular formula is C19H17ClN3O4+. The van der Waals surface area contributed by atoms with Crippen molar-refractivity contribution in [3.63, 3.8) is 0 Å². The number of rotatable bonds is 7. The highest BCUT2D eigenvalue weighted by molar-refractivity contribution is 6.33. The van der Waals surface area contributed by atoms with Crippen LogP contribution < -0.4 is 10.6 Å². The molecule has 1 aromatic heterocycles. The number of carbonyl (C=O) groups excluding carboxylic acids is 1. The lowest BCUT2D eigenvalue weighted by Gasteiger charge is -2.14. The second kappa shape index (κ2) is 8.48. The van der Waals surface area contributed by atoms with Crippen LogP contribution in [-0.2, 0) is 4.79 Å². The molecule has 7 nitrogen and oxygen atoms in total. The molecule has 0 unspecified atom stereocenters. The monoisotopic (exact) mass is 386 g/mol. The smallest absolute Gasteiger partial charge is 0.279 e. The molecule has 3 aromatic rings. The zero-order valence-corrected chi connectivity index (χ0v) is 14.9. The van der Waals surface area contributed by atoms with Gasteiger partial charge in [-0.1, -0.05) is 41.9 Å². The number of non-ortho nitro benzene ring substituents is 1. The molecule has 0 saturated heterocycles. The normalized spacial score (nSPS) is 11.7. The van der Waals surface area contributed by atoms with Crippen molar-refractivity contribution in [2.24, 2.45) is 0 Å². The fourth-order valence-corrected chi connectivity index (χ4v) is 2.91. The van der Waals surface area contributed by atoms with Crippen LogP contribution in [0.4, 0.5) is 11.4 Å². The molecule has 1 amide bonds. The zero-order chi connectivity index (χ0) is 19.2. The van der Waals surface area contributed by atoms with Gasteiger partial charge in [0.25, 0.3) is 11.6 Å². The predicted octanol–water partition coefficient (Wildman–Crippen LogP) is 3.13. The van der Waals surface area contributed by atoms with E-state index in [0.717, 1.165) is 11.3 Å². The van der Waals surface area contributed by atoms with E-state index in [-0.39, 0.29) is 29.2 Å². The third kappa shape index (κ3) is 4.72. The lowest BCUT2D eigenvalue weighted by molar-refractivity contribution is -0.678. The van der Waals surface area contributed by atoms with Crippen molar-refractivity contribution in [3.8, 4) is 0 Å². The summed E-state index contributed by atoms with van der Waals surface area (Å²) < 4.78 is 5.51. The Kier molecular flexibility index (Phi) is 5.85. The van der Waals surface area contributed by atoms with Crippen molar-refractivity contribution < 1.29 is 19.5 Å². The Balaban J connectivity index is 1.67. The maximum atomic E-state index is 12.3. The summed E-state index contributed by atoms with van der Waals surface area (Å²) in [7, 11) is 0. The molecular weight excluding hydrogens is 370 g/mol. The molecule has 138 valence electrons. The van der Waals surface area contributed by atoms with E-state index in [0.29, 0.717) is 5.69 Å². The summed E-state index contributed by atoms with van der Waals surface area (Å²) in [6, 6.07) is 17.1. The standard InChI is InChI=1S/C19H16ClN3O4/c20-15-11-14(23(25)26)8-9-16(15)22-18(24)12-21-19(17-7-4-10-27-17)13-5-2-1-3-6-13/h1-11,19,21H,12H2,(H,22,24)/p+1/t19-/m0/s1. The summed E-state index contributed by atoms with van der Waals surface area (Å²) in [6.45, 7) is 0.119. The Labute approximate surface area is 160 Å². The number of carbonyl (C=O) groups is 1. The number of hydrogen-bond donors (Lipinski definition) is 2. The third-order valence-electron chi connectivity index (χ3n) is 3.98. The van der Waals surface area contributed by atoms with E-state index in [9.17, 15) is 14.9 Å². The minimum Gasteiger partial charge on any atom is -0.463 e. The molecule has 0 radical (unpaired) electrons. The molecule has 0 aliphatic rings. The summed E-state index contributed by atoms with van der Waals surface area (Å²) >= 11 is 6.01. The fourth-order valence-electron chi connectivity index (χ4n) is 2.69. The molecule has 27 heavy (non-hydrogen) atoms. The van der Waals surface area contributed by atoms with Crippen LogP contribution in [0, 0.1) is 10.1 Å². The number of hydrogen-bond acceptors (Lipinski definition) is 4. The van der Waals surface area contributed by atoms with Crippen molar-refractivity contribution in [1.29, 1.82) is 0 Å². The predicted molar refractivity (Wildman–Crippen MR) is 101 cm³/mol. The van der Waals surface area contributed by atoms with Gasteiger partial charge in [0.05, 0.1) is 21.9 Å². The number of nitrogens with zero attached hydrogens (tertiary/aromatic N) is 1. The quantitative estimate of drug-likeness (QED) is 0.481. The number of benzene rings is 2. The van der Waals surface area contributed by atoms with Gasteiger partial charge < -0.3 is 15.1 Å². The first kappa shape index (κ1) is 18.6. The molecule has 1 heterocycles. The van der Waals surface area contributed by atoms with Crippen molar-refractivity contribution in [1.82, 2.24) is 0 Å². The summed E-state index contributed by atoms with van der Waals surface area (Å²) in [5, 5.41) is 15.4. The first-order valence-corrected chi connectivity index (χ1v) is 8.58. The van der Waals surface area contributed by atoms with Crippen LogP contribution in [0.25, 0.3) is 0 Å². The van der Waals surface area contributed by atoms with Gasteiger partial charge in [-0.15, -0.1) is 0 Å². The highest BCUT2D eigenvalue weighted by atomic mass is 35.5. The average molecular weight is 387 g/mol. The van der Waals surface area contributed by atoms with Crippen LogP contribution in [-0.4, -0.2) is 17.4 Å². The first-order valence-electron chi connectivity index (χ1n) is 8.20. The summed E-state index contributed by atoms with van der Waals surface area (Å²) in [5.41, 5.74) is 1.20. The number of anilines is 1. The van der Waals surface area contributed by atoms with Gasteiger partial charge in [0.2, 0.25) is 0 Å². The van der Waals surface area contributed by atoms with E-state index in [4.69, 9.17) is 16.0 Å². The van der Waals surface area contributed by atoms with Crippen molar-refractivity contribution in [2.45, 2.75) is 6.04 Å². The number of nitro groups is 1. The van der Waals surface area contributed by atoms with Gasteiger partial charge in [-0.05, 0) is 18.2 Å². The molecule has 0 saturated carbocycles. The SMILES string of the molecule is O=C(C[NH2+][C@@H](c1ccccc1)c1ccco1)Nc1ccc([N+](=O)[O-])cc1Cl.